The number of hydrogen-bond acceptors (Lipinski definition) is 12. The second kappa shape index (κ2) is 20.9. The van der Waals surface area contributed by atoms with Crippen molar-refractivity contribution in [3.63, 3.8) is 0 Å². The Morgan fingerprint density at radius 1 is 0.543 bits per heavy atom. The molecule has 0 fully saturated rings. The predicted molar refractivity (Wildman–Crippen MR) is 132 cm³/mol. The van der Waals surface area contributed by atoms with E-state index in [1.54, 1.807) is 42.7 Å². The summed E-state index contributed by atoms with van der Waals surface area (Å²) in [6, 6.07) is 1.26. The highest BCUT2D eigenvalue weighted by molar-refractivity contribution is 6.60. The fourth-order valence-corrected chi connectivity index (χ4v) is 6.50. The van der Waals surface area contributed by atoms with Crippen molar-refractivity contribution in [1.29, 1.82) is 0 Å². The molecule has 212 valence electrons. The molecule has 0 aliphatic heterocycles. The molecular formula is C21H48O12Si2. The summed E-state index contributed by atoms with van der Waals surface area (Å²) in [7, 11) is 4.26. The maximum Gasteiger partial charge on any atom is 0.500 e. The lowest BCUT2D eigenvalue weighted by molar-refractivity contribution is -0.0768. The second-order valence-electron chi connectivity index (χ2n) is 7.94. The molecule has 0 bridgehead atoms. The third-order valence-corrected chi connectivity index (χ3v) is 10.9. The Morgan fingerprint density at radius 3 is 1.31 bits per heavy atom. The Bertz CT molecular complexity index is 467. The van der Waals surface area contributed by atoms with Crippen LogP contribution in [0.5, 0.6) is 0 Å². The minimum Gasteiger partial charge on any atom is -0.388 e. The molecule has 0 saturated heterocycles. The lowest BCUT2D eigenvalue weighted by Gasteiger charge is -2.24. The van der Waals surface area contributed by atoms with E-state index >= 15 is 0 Å². The zero-order chi connectivity index (χ0) is 26.6. The summed E-state index contributed by atoms with van der Waals surface area (Å²) in [5.74, 6) is 0. The van der Waals surface area contributed by atoms with Gasteiger partial charge in [0.05, 0.1) is 39.1 Å². The zero-order valence-electron chi connectivity index (χ0n) is 22.5. The summed E-state index contributed by atoms with van der Waals surface area (Å²) >= 11 is 0. The van der Waals surface area contributed by atoms with Crippen LogP contribution in [0, 0.1) is 0 Å². The lowest BCUT2D eigenvalue weighted by atomic mass is 10.3. The first kappa shape index (κ1) is 35.0. The van der Waals surface area contributed by atoms with Gasteiger partial charge in [0.1, 0.15) is 12.2 Å². The van der Waals surface area contributed by atoms with E-state index < -0.39 is 29.8 Å². The summed E-state index contributed by atoms with van der Waals surface area (Å²) < 4.78 is 54.1. The lowest BCUT2D eigenvalue weighted by Crippen LogP contribution is -2.42. The van der Waals surface area contributed by atoms with Crippen molar-refractivity contribution < 1.29 is 55.7 Å². The van der Waals surface area contributed by atoms with E-state index in [2.05, 4.69) is 0 Å². The Balaban J connectivity index is 3.78. The highest BCUT2D eigenvalue weighted by Gasteiger charge is 2.37. The van der Waals surface area contributed by atoms with E-state index in [9.17, 15) is 10.2 Å². The maximum atomic E-state index is 10.0. The summed E-state index contributed by atoms with van der Waals surface area (Å²) in [5, 5.41) is 20.0. The molecular weight excluding hydrogens is 500 g/mol. The first-order valence-electron chi connectivity index (χ1n) is 11.8. The van der Waals surface area contributed by atoms with Gasteiger partial charge in [0.15, 0.2) is 0 Å². The number of ether oxygens (including phenoxy) is 4. The largest absolute Gasteiger partial charge is 0.500 e. The highest BCUT2D eigenvalue weighted by atomic mass is 28.4. The van der Waals surface area contributed by atoms with E-state index in [1.165, 1.54) is 0 Å². The minimum atomic E-state index is -2.59. The normalized spacial score (nSPS) is 15.3. The molecule has 0 aliphatic carbocycles. The second-order valence-corrected chi connectivity index (χ2v) is 14.1. The van der Waals surface area contributed by atoms with Gasteiger partial charge in [-0.05, 0) is 19.8 Å². The van der Waals surface area contributed by atoms with Crippen LogP contribution in [0.3, 0.4) is 0 Å². The van der Waals surface area contributed by atoms with Crippen molar-refractivity contribution in [1.82, 2.24) is 0 Å². The van der Waals surface area contributed by atoms with Gasteiger partial charge >= 0.3 is 17.6 Å². The Kier molecular flexibility index (Phi) is 20.9. The van der Waals surface area contributed by atoms with Crippen molar-refractivity contribution in [2.24, 2.45) is 0 Å². The molecule has 0 rings (SSSR count). The van der Waals surface area contributed by atoms with Crippen molar-refractivity contribution in [2.75, 3.05) is 88.9 Å². The molecule has 0 radical (unpaired) electrons. The summed E-state index contributed by atoms with van der Waals surface area (Å²) in [6.07, 6.45) is -0.345. The van der Waals surface area contributed by atoms with Gasteiger partial charge in [-0.25, -0.2) is 0 Å². The van der Waals surface area contributed by atoms with Crippen LogP contribution >= 0.6 is 0 Å². The van der Waals surface area contributed by atoms with E-state index in [1.807, 2.05) is 6.92 Å². The van der Waals surface area contributed by atoms with E-state index in [4.69, 9.17) is 45.5 Å². The molecule has 0 heterocycles. The van der Waals surface area contributed by atoms with E-state index in [0.717, 1.165) is 0 Å². The molecule has 12 nitrogen and oxygen atoms in total. The van der Waals surface area contributed by atoms with Gasteiger partial charge in [-0.2, -0.15) is 0 Å². The molecule has 0 spiro atoms. The van der Waals surface area contributed by atoms with Gasteiger partial charge < -0.3 is 55.7 Å². The number of aliphatic hydroxyl groups excluding tert-OH is 2. The average molecular weight is 549 g/mol. The van der Waals surface area contributed by atoms with Crippen molar-refractivity contribution in [3.05, 3.63) is 0 Å². The number of hydrogen-bond donors (Lipinski definition) is 2. The van der Waals surface area contributed by atoms with Crippen LogP contribution in [-0.2, 0) is 45.5 Å². The average Bonchev–Trinajstić information content (AvgIpc) is 2.88. The van der Waals surface area contributed by atoms with Crippen molar-refractivity contribution in [3.8, 4) is 0 Å². The SMILES string of the molecule is CO[Si](CCCOCC(O)COCC(C)OCC(O)COCCC[Si](OC)(OC)OC)(OC)OC. The highest BCUT2D eigenvalue weighted by Crippen LogP contribution is 2.15. The molecule has 0 amide bonds. The first-order valence-corrected chi connectivity index (χ1v) is 15.6. The third kappa shape index (κ3) is 15.7. The third-order valence-electron chi connectivity index (χ3n) is 5.27. The monoisotopic (exact) mass is 548 g/mol. The van der Waals surface area contributed by atoms with Crippen LogP contribution in [0.4, 0.5) is 0 Å². The quantitative estimate of drug-likeness (QED) is 0.123. The van der Waals surface area contributed by atoms with Crippen LogP contribution in [0.1, 0.15) is 19.8 Å². The van der Waals surface area contributed by atoms with Gasteiger partial charge in [-0.3, -0.25) is 0 Å². The van der Waals surface area contributed by atoms with Crippen molar-refractivity contribution >= 4 is 17.6 Å². The molecule has 35 heavy (non-hydrogen) atoms. The Hall–Kier alpha value is -0.0462. The fourth-order valence-electron chi connectivity index (χ4n) is 3.12. The predicted octanol–water partition coefficient (Wildman–Crippen LogP) is 0.700. The van der Waals surface area contributed by atoms with E-state index in [0.29, 0.717) is 38.1 Å². The molecule has 0 aromatic rings. The molecule has 3 unspecified atom stereocenters. The first-order chi connectivity index (χ1) is 16.8. The molecule has 0 aliphatic rings. The van der Waals surface area contributed by atoms with Crippen LogP contribution in [0.2, 0.25) is 12.1 Å². The van der Waals surface area contributed by atoms with Crippen LogP contribution in [-0.4, -0.2) is 135 Å². The Labute approximate surface area is 212 Å². The smallest absolute Gasteiger partial charge is 0.388 e. The molecule has 3 atom stereocenters. The molecule has 0 saturated carbocycles. The van der Waals surface area contributed by atoms with Gasteiger partial charge in [-0.15, -0.1) is 0 Å². The number of rotatable bonds is 25. The van der Waals surface area contributed by atoms with Gasteiger partial charge in [0.2, 0.25) is 0 Å². The van der Waals surface area contributed by atoms with Crippen LogP contribution < -0.4 is 0 Å². The standard InChI is InChI=1S/C21H48O12Si2/c1-19(33-18-21(23)16-31-11-9-13-35(27-5,28-6)29-7)14-32-17-20(22)15-30-10-8-12-34(24-2,25-3)26-4/h19-23H,8-18H2,1-7H3. The van der Waals surface area contributed by atoms with Crippen LogP contribution in [0.25, 0.3) is 0 Å². The van der Waals surface area contributed by atoms with Gasteiger partial charge in [0.25, 0.3) is 0 Å². The van der Waals surface area contributed by atoms with Gasteiger partial charge in [-0.1, -0.05) is 0 Å². The van der Waals surface area contributed by atoms with E-state index in [-0.39, 0.29) is 39.1 Å². The molecule has 14 heteroatoms. The minimum absolute atomic E-state index is 0.123. The number of aliphatic hydroxyl groups is 2. The van der Waals surface area contributed by atoms with Crippen molar-refractivity contribution in [2.45, 2.75) is 50.2 Å². The van der Waals surface area contributed by atoms with Crippen LogP contribution in [0.15, 0.2) is 0 Å². The summed E-state index contributed by atoms with van der Waals surface area (Å²) in [5.41, 5.74) is 0. The summed E-state index contributed by atoms with van der Waals surface area (Å²) in [4.78, 5) is 0. The maximum absolute atomic E-state index is 10.0. The Morgan fingerprint density at radius 2 is 0.914 bits per heavy atom. The fraction of sp³-hybridized carbons (Fsp3) is 1.00. The zero-order valence-corrected chi connectivity index (χ0v) is 24.5. The molecule has 2 N–H and O–H groups in total. The topological polar surface area (TPSA) is 133 Å². The summed E-state index contributed by atoms with van der Waals surface area (Å²) in [6.45, 7) is 3.59. The molecule has 0 aromatic carbocycles. The molecule has 0 aromatic heterocycles. The van der Waals surface area contributed by atoms with Gasteiger partial charge in [0, 0.05) is 68.0 Å².